The van der Waals surface area contributed by atoms with Crippen molar-refractivity contribution in [3.05, 3.63) is 30.1 Å². The number of aromatic nitrogens is 1. The number of hydrogen-bond donors (Lipinski definition) is 0. The Balaban J connectivity index is 1.99. The molecule has 1 fully saturated rings. The van der Waals surface area contributed by atoms with E-state index in [2.05, 4.69) is 4.98 Å². The lowest BCUT2D eigenvalue weighted by atomic mass is 9.89. The number of pyridine rings is 1. The minimum Gasteiger partial charge on any atom is -0.261 e. The Hall–Kier alpha value is -0.720. The smallest absolute Gasteiger partial charge is 0.228 e. The second-order valence-electron chi connectivity index (χ2n) is 4.77. The third-order valence-electron chi connectivity index (χ3n) is 3.37. The van der Waals surface area contributed by atoms with Crippen molar-refractivity contribution in [2.24, 2.45) is 0 Å². The summed E-state index contributed by atoms with van der Waals surface area (Å²) in [6.45, 7) is 0.358. The maximum atomic E-state index is 14.6. The lowest BCUT2D eigenvalue weighted by Crippen LogP contribution is -2.45. The predicted octanol–water partition coefficient (Wildman–Crippen LogP) is 1.95. The lowest BCUT2D eigenvalue weighted by Gasteiger charge is -2.35. The molecule has 0 saturated carbocycles. The fourth-order valence-electron chi connectivity index (χ4n) is 2.24. The van der Waals surface area contributed by atoms with E-state index in [1.807, 2.05) is 6.07 Å². The Morgan fingerprint density at radius 2 is 2.05 bits per heavy atom. The molecule has 0 bridgehead atoms. The van der Waals surface area contributed by atoms with Gasteiger partial charge in [0, 0.05) is 31.4 Å². The number of piperidine rings is 1. The van der Waals surface area contributed by atoms with Crippen LogP contribution in [0.3, 0.4) is 0 Å². The predicted molar refractivity (Wildman–Crippen MR) is 72.2 cm³/mol. The summed E-state index contributed by atoms with van der Waals surface area (Å²) in [6.07, 6.45) is 2.22. The van der Waals surface area contributed by atoms with Gasteiger partial charge in [0.1, 0.15) is 10.9 Å². The Morgan fingerprint density at radius 1 is 1.37 bits per heavy atom. The minimum atomic E-state index is -3.43. The zero-order valence-electron chi connectivity index (χ0n) is 10.4. The highest BCUT2D eigenvalue weighted by Gasteiger charge is 2.38. The zero-order chi connectivity index (χ0) is 13.9. The van der Waals surface area contributed by atoms with Crippen molar-refractivity contribution >= 4 is 21.6 Å². The molecule has 0 radical (unpaired) electrons. The number of nitrogens with zero attached hydrogens (tertiary/aromatic N) is 2. The van der Waals surface area contributed by atoms with Gasteiger partial charge in [-0.2, -0.15) is 0 Å². The van der Waals surface area contributed by atoms with Crippen LogP contribution in [0.5, 0.6) is 0 Å². The van der Waals surface area contributed by atoms with E-state index < -0.39 is 20.9 Å². The molecule has 2 heterocycles. The molecule has 1 saturated heterocycles. The van der Waals surface area contributed by atoms with E-state index in [1.54, 1.807) is 18.3 Å². The number of alkyl halides is 2. The largest absolute Gasteiger partial charge is 0.261 e. The summed E-state index contributed by atoms with van der Waals surface area (Å²) in [7, 11) is -3.43. The zero-order valence-corrected chi connectivity index (χ0v) is 12.0. The second kappa shape index (κ2) is 5.73. The number of halogens is 2. The molecule has 4 nitrogen and oxygen atoms in total. The van der Waals surface area contributed by atoms with Crippen molar-refractivity contribution in [2.45, 2.75) is 24.9 Å². The quantitative estimate of drug-likeness (QED) is 0.799. The normalized spacial score (nSPS) is 20.3. The van der Waals surface area contributed by atoms with Gasteiger partial charge in [0.25, 0.3) is 0 Å². The average Bonchev–Trinajstić information content (AvgIpc) is 2.40. The first-order chi connectivity index (χ1) is 8.95. The second-order valence-corrected chi connectivity index (χ2v) is 7.32. The molecule has 0 spiro atoms. The van der Waals surface area contributed by atoms with E-state index in [-0.39, 0.29) is 32.4 Å². The third kappa shape index (κ3) is 3.64. The first-order valence-corrected chi connectivity index (χ1v) is 8.22. The molecule has 19 heavy (non-hydrogen) atoms. The molecule has 0 aromatic carbocycles. The Labute approximate surface area is 117 Å². The van der Waals surface area contributed by atoms with Gasteiger partial charge in [-0.1, -0.05) is 6.07 Å². The van der Waals surface area contributed by atoms with E-state index in [9.17, 15) is 12.8 Å². The van der Waals surface area contributed by atoms with Crippen molar-refractivity contribution in [3.8, 4) is 0 Å². The van der Waals surface area contributed by atoms with Crippen molar-refractivity contribution in [3.63, 3.8) is 0 Å². The average molecular weight is 307 g/mol. The first-order valence-electron chi connectivity index (χ1n) is 6.08. The molecule has 1 aliphatic rings. The minimum absolute atomic E-state index is 0.179. The Morgan fingerprint density at radius 3 is 2.58 bits per heavy atom. The van der Waals surface area contributed by atoms with Gasteiger partial charge >= 0.3 is 0 Å². The SMILES string of the molecule is O=S(=O)(CCl)N1CCC(F)(Cc2ccccn2)CC1. The summed E-state index contributed by atoms with van der Waals surface area (Å²) in [4.78, 5) is 4.11. The molecule has 0 unspecified atom stereocenters. The highest BCUT2D eigenvalue weighted by Crippen LogP contribution is 2.31. The van der Waals surface area contributed by atoms with Crippen LogP contribution in [0.4, 0.5) is 4.39 Å². The van der Waals surface area contributed by atoms with Crippen molar-refractivity contribution in [2.75, 3.05) is 18.3 Å². The van der Waals surface area contributed by atoms with Gasteiger partial charge in [-0.25, -0.2) is 17.1 Å². The van der Waals surface area contributed by atoms with Gasteiger partial charge in [0.15, 0.2) is 0 Å². The summed E-state index contributed by atoms with van der Waals surface area (Å²) in [5.41, 5.74) is -0.689. The Kier molecular flexibility index (Phi) is 4.43. The van der Waals surface area contributed by atoms with Crippen LogP contribution in [0.2, 0.25) is 0 Å². The lowest BCUT2D eigenvalue weighted by molar-refractivity contribution is 0.0881. The van der Waals surface area contributed by atoms with Gasteiger partial charge in [-0.05, 0) is 25.0 Å². The van der Waals surface area contributed by atoms with Crippen LogP contribution in [0.15, 0.2) is 24.4 Å². The van der Waals surface area contributed by atoms with Crippen LogP contribution in [-0.2, 0) is 16.4 Å². The monoisotopic (exact) mass is 306 g/mol. The molecule has 2 rings (SSSR count). The van der Waals surface area contributed by atoms with Crippen LogP contribution in [0.25, 0.3) is 0 Å². The molecule has 106 valence electrons. The highest BCUT2D eigenvalue weighted by molar-refractivity contribution is 7.90. The van der Waals surface area contributed by atoms with Crippen LogP contribution in [-0.4, -0.2) is 41.7 Å². The molecular weight excluding hydrogens is 291 g/mol. The van der Waals surface area contributed by atoms with Gasteiger partial charge < -0.3 is 0 Å². The van der Waals surface area contributed by atoms with E-state index in [0.717, 1.165) is 0 Å². The van der Waals surface area contributed by atoms with Crippen LogP contribution in [0, 0.1) is 0 Å². The van der Waals surface area contributed by atoms with Gasteiger partial charge in [-0.15, -0.1) is 11.6 Å². The van der Waals surface area contributed by atoms with E-state index in [1.165, 1.54) is 4.31 Å². The summed E-state index contributed by atoms with van der Waals surface area (Å²) in [6, 6.07) is 5.38. The van der Waals surface area contributed by atoms with Crippen molar-refractivity contribution in [1.82, 2.24) is 9.29 Å². The fourth-order valence-corrected chi connectivity index (χ4v) is 3.53. The summed E-state index contributed by atoms with van der Waals surface area (Å²) in [5, 5.41) is -0.452. The molecule has 1 aromatic heterocycles. The molecule has 0 aliphatic carbocycles. The summed E-state index contributed by atoms with van der Waals surface area (Å²) in [5.74, 6) is 0. The van der Waals surface area contributed by atoms with Crippen molar-refractivity contribution < 1.29 is 12.8 Å². The summed E-state index contributed by atoms with van der Waals surface area (Å²) < 4.78 is 39.1. The number of sulfonamides is 1. The molecule has 0 amide bonds. The number of rotatable bonds is 4. The molecule has 1 aromatic rings. The Bertz CT molecular complexity index is 516. The standard InChI is InChI=1S/C12H16ClFN2O2S/c13-10-19(17,18)16-7-4-12(14,5-8-16)9-11-3-1-2-6-15-11/h1-3,6H,4-5,7-10H2. The molecule has 0 atom stereocenters. The molecule has 7 heteroatoms. The van der Waals surface area contributed by atoms with Crippen LogP contribution < -0.4 is 0 Å². The first kappa shape index (κ1) is 14.7. The van der Waals surface area contributed by atoms with Crippen LogP contribution in [0.1, 0.15) is 18.5 Å². The molecule has 1 aliphatic heterocycles. The van der Waals surface area contributed by atoms with E-state index >= 15 is 0 Å². The topological polar surface area (TPSA) is 50.3 Å². The summed E-state index contributed by atoms with van der Waals surface area (Å²) >= 11 is 5.39. The third-order valence-corrected chi connectivity index (χ3v) is 5.63. The van der Waals surface area contributed by atoms with E-state index in [4.69, 9.17) is 11.6 Å². The highest BCUT2D eigenvalue weighted by atomic mass is 35.5. The van der Waals surface area contributed by atoms with Crippen molar-refractivity contribution in [1.29, 1.82) is 0 Å². The fraction of sp³-hybridized carbons (Fsp3) is 0.583. The number of hydrogen-bond acceptors (Lipinski definition) is 3. The maximum absolute atomic E-state index is 14.6. The van der Waals surface area contributed by atoms with Gasteiger partial charge in [-0.3, -0.25) is 4.98 Å². The molecule has 0 N–H and O–H groups in total. The van der Waals surface area contributed by atoms with Gasteiger partial charge in [0.05, 0.1) is 0 Å². The van der Waals surface area contributed by atoms with Crippen LogP contribution >= 0.6 is 11.6 Å². The van der Waals surface area contributed by atoms with Gasteiger partial charge in [0.2, 0.25) is 10.0 Å². The maximum Gasteiger partial charge on any atom is 0.228 e. The molecular formula is C12H16ClFN2O2S. The van der Waals surface area contributed by atoms with E-state index in [0.29, 0.717) is 5.69 Å².